The molecule has 75 valence electrons. The molecule has 0 aliphatic heterocycles. The van der Waals surface area contributed by atoms with Crippen LogP contribution in [0.4, 0.5) is 0 Å². The van der Waals surface area contributed by atoms with Gasteiger partial charge in [0.15, 0.2) is 0 Å². The Morgan fingerprint density at radius 2 is 1.79 bits per heavy atom. The summed E-state index contributed by atoms with van der Waals surface area (Å²) in [4.78, 5) is 0. The van der Waals surface area contributed by atoms with Crippen LogP contribution in [0.3, 0.4) is 0 Å². The van der Waals surface area contributed by atoms with Gasteiger partial charge in [-0.3, -0.25) is 0 Å². The molecule has 0 fully saturated rings. The van der Waals surface area contributed by atoms with Crippen LogP contribution in [0.15, 0.2) is 30.3 Å². The molecule has 2 rings (SSSR count). The Labute approximate surface area is 96.1 Å². The number of benzene rings is 1. The molecule has 1 aliphatic carbocycles. The first-order valence-electron chi connectivity index (χ1n) is 4.66. The number of rotatable bonds is 1. The second kappa shape index (κ2) is 4.08. The molecule has 0 spiro atoms. The summed E-state index contributed by atoms with van der Waals surface area (Å²) in [6.45, 7) is 4.46. The Hall–Kier alpha value is -0.257. The van der Waals surface area contributed by atoms with Gasteiger partial charge in [-0.1, -0.05) is 0 Å². The van der Waals surface area contributed by atoms with Gasteiger partial charge >= 0.3 is 96.3 Å². The minimum atomic E-state index is -0.156. The van der Waals surface area contributed by atoms with E-state index in [-0.39, 0.29) is 15.7 Å². The Morgan fingerprint density at radius 1 is 1.14 bits per heavy atom. The standard InChI is InChI=1S/C12H12.ClH.Ru/c1-9(2)11-8-7-10-5-3-4-6-12(10)11;;/h3-6,8-9H,1-2H3;1H;/q;;+1/p-1. The zero-order valence-corrected chi connectivity index (χ0v) is 10.7. The molecular weight excluding hydrogens is 281 g/mol. The first-order chi connectivity index (χ1) is 6.74. The van der Waals surface area contributed by atoms with E-state index < -0.39 is 0 Å². The van der Waals surface area contributed by atoms with E-state index in [1.165, 1.54) is 20.8 Å². The van der Waals surface area contributed by atoms with Crippen molar-refractivity contribution in [2.24, 2.45) is 5.92 Å². The van der Waals surface area contributed by atoms with Gasteiger partial charge in [-0.05, 0) is 0 Å². The summed E-state index contributed by atoms with van der Waals surface area (Å²) in [7, 11) is 6.01. The minimum absolute atomic E-state index is 0.156. The average molecular weight is 293 g/mol. The molecule has 0 saturated carbocycles. The topological polar surface area (TPSA) is 0 Å². The van der Waals surface area contributed by atoms with E-state index >= 15 is 0 Å². The Morgan fingerprint density at radius 3 is 2.36 bits per heavy atom. The Balaban J connectivity index is 2.60. The molecule has 1 aromatic carbocycles. The average Bonchev–Trinajstić information content (AvgIpc) is 2.56. The second-order valence-electron chi connectivity index (χ2n) is 3.70. The van der Waals surface area contributed by atoms with E-state index in [0.29, 0.717) is 5.92 Å². The Kier molecular flexibility index (Phi) is 3.00. The maximum absolute atomic E-state index is 6.01. The van der Waals surface area contributed by atoms with E-state index in [9.17, 15) is 0 Å². The van der Waals surface area contributed by atoms with E-state index in [2.05, 4.69) is 44.2 Å². The van der Waals surface area contributed by atoms with Crippen LogP contribution in [-0.4, -0.2) is 4.11 Å². The molecule has 14 heavy (non-hydrogen) atoms. The summed E-state index contributed by atoms with van der Waals surface area (Å²) in [6, 6.07) is 8.56. The van der Waals surface area contributed by atoms with Crippen molar-refractivity contribution in [3.63, 3.8) is 0 Å². The molecule has 0 amide bonds. The van der Waals surface area contributed by atoms with Crippen LogP contribution in [0, 0.1) is 5.92 Å². The van der Waals surface area contributed by atoms with Crippen LogP contribution < -0.4 is 0 Å². The van der Waals surface area contributed by atoms with Crippen LogP contribution in [-0.2, 0) is 15.7 Å². The molecule has 0 unspecified atom stereocenters. The maximum atomic E-state index is 6.01. The molecule has 0 aromatic heterocycles. The third-order valence-electron chi connectivity index (χ3n) is 2.46. The number of halogens is 1. The molecule has 0 bridgehead atoms. The van der Waals surface area contributed by atoms with Gasteiger partial charge in [-0.25, -0.2) is 0 Å². The molecule has 0 heterocycles. The van der Waals surface area contributed by atoms with Gasteiger partial charge in [0.05, 0.1) is 0 Å². The predicted octanol–water partition coefficient (Wildman–Crippen LogP) is 3.50. The summed E-state index contributed by atoms with van der Waals surface area (Å²) >= 11 is -0.156. The second-order valence-corrected chi connectivity index (χ2v) is 5.76. The molecule has 0 atom stereocenters. The molecular formula is C12H12ClRu. The number of allylic oxidation sites excluding steroid dienone is 2. The number of hydrogen-bond acceptors (Lipinski definition) is 0. The zero-order chi connectivity index (χ0) is 10.1. The summed E-state index contributed by atoms with van der Waals surface area (Å²) in [6.07, 6.45) is 2.28. The summed E-state index contributed by atoms with van der Waals surface area (Å²) in [5.74, 6) is 0.581. The van der Waals surface area contributed by atoms with Gasteiger partial charge in [0.1, 0.15) is 0 Å². The van der Waals surface area contributed by atoms with Crippen LogP contribution in [0.25, 0.3) is 5.57 Å². The van der Waals surface area contributed by atoms with Crippen molar-refractivity contribution in [2.45, 2.75) is 13.8 Å². The van der Waals surface area contributed by atoms with Crippen molar-refractivity contribution in [2.75, 3.05) is 0 Å². The van der Waals surface area contributed by atoms with Crippen LogP contribution >= 0.6 is 9.69 Å². The first kappa shape index (κ1) is 10.3. The first-order valence-corrected chi connectivity index (χ1v) is 7.77. The van der Waals surface area contributed by atoms with Crippen molar-refractivity contribution >= 4 is 19.4 Å². The number of fused-ring (bicyclic) bond motifs is 1. The van der Waals surface area contributed by atoms with Crippen LogP contribution in [0.1, 0.15) is 25.0 Å². The summed E-state index contributed by atoms with van der Waals surface area (Å²) < 4.78 is 1.35. The van der Waals surface area contributed by atoms with Gasteiger partial charge < -0.3 is 0 Å². The fourth-order valence-electron chi connectivity index (χ4n) is 1.76. The van der Waals surface area contributed by atoms with Crippen LogP contribution in [0.5, 0.6) is 0 Å². The van der Waals surface area contributed by atoms with E-state index in [1.807, 2.05) is 0 Å². The number of hydrogen-bond donors (Lipinski definition) is 0. The van der Waals surface area contributed by atoms with Gasteiger partial charge in [-0.15, -0.1) is 0 Å². The van der Waals surface area contributed by atoms with Crippen molar-refractivity contribution in [3.05, 3.63) is 41.5 Å². The molecule has 0 nitrogen and oxygen atoms in total. The Bertz CT molecular complexity index is 416. The van der Waals surface area contributed by atoms with E-state index in [4.69, 9.17) is 9.69 Å². The third kappa shape index (κ3) is 1.64. The van der Waals surface area contributed by atoms with Gasteiger partial charge in [-0.2, -0.15) is 0 Å². The van der Waals surface area contributed by atoms with Gasteiger partial charge in [0.25, 0.3) is 0 Å². The quantitative estimate of drug-likeness (QED) is 0.695. The summed E-state index contributed by atoms with van der Waals surface area (Å²) in [5, 5.41) is 0. The molecule has 0 radical (unpaired) electrons. The molecule has 1 aliphatic rings. The molecule has 1 aromatic rings. The third-order valence-corrected chi connectivity index (χ3v) is 4.39. The van der Waals surface area contributed by atoms with Gasteiger partial charge in [0, 0.05) is 0 Å². The molecule has 2 heteroatoms. The SMILES string of the molecule is CC(C)C1=C[C](=[Ru][Cl])c2ccccc21. The zero-order valence-electron chi connectivity index (χ0n) is 8.20. The fraction of sp³-hybridized carbons (Fsp3) is 0.250. The van der Waals surface area contributed by atoms with Crippen molar-refractivity contribution in [1.82, 2.24) is 0 Å². The van der Waals surface area contributed by atoms with Crippen molar-refractivity contribution in [3.8, 4) is 0 Å². The summed E-state index contributed by atoms with van der Waals surface area (Å²) in [5.41, 5.74) is 4.17. The van der Waals surface area contributed by atoms with E-state index in [1.54, 1.807) is 0 Å². The molecule has 0 saturated heterocycles. The normalized spacial score (nSPS) is 18.0. The van der Waals surface area contributed by atoms with Crippen molar-refractivity contribution in [1.29, 1.82) is 0 Å². The van der Waals surface area contributed by atoms with Gasteiger partial charge in [0.2, 0.25) is 0 Å². The van der Waals surface area contributed by atoms with E-state index in [0.717, 1.165) is 0 Å². The fourth-order valence-corrected chi connectivity index (χ4v) is 3.33. The predicted molar refractivity (Wildman–Crippen MR) is 59.2 cm³/mol. The monoisotopic (exact) mass is 293 g/mol. The molecule has 0 N–H and O–H groups in total. The van der Waals surface area contributed by atoms with Crippen molar-refractivity contribution < 1.29 is 15.7 Å². The van der Waals surface area contributed by atoms with Crippen LogP contribution in [0.2, 0.25) is 0 Å².